The molecule has 0 aliphatic rings. The lowest BCUT2D eigenvalue weighted by atomic mass is 10.3. The fraction of sp³-hybridized carbons (Fsp3) is 0. The SMILES string of the molecule is N#CNc1cc(Br)ccc1Br. The van der Waals surface area contributed by atoms with E-state index in [2.05, 4.69) is 37.2 Å². The highest BCUT2D eigenvalue weighted by molar-refractivity contribution is 9.11. The summed E-state index contributed by atoms with van der Waals surface area (Å²) in [5, 5.41) is 10.9. The quantitative estimate of drug-likeness (QED) is 0.632. The normalized spacial score (nSPS) is 8.82. The Hall–Kier alpha value is -0.530. The van der Waals surface area contributed by atoms with Crippen molar-refractivity contribution in [2.45, 2.75) is 0 Å². The Balaban J connectivity index is 3.05. The highest BCUT2D eigenvalue weighted by atomic mass is 79.9. The predicted octanol–water partition coefficient (Wildman–Crippen LogP) is 3.10. The van der Waals surface area contributed by atoms with Crippen molar-refractivity contribution in [2.75, 3.05) is 5.32 Å². The van der Waals surface area contributed by atoms with Crippen LogP contribution in [-0.4, -0.2) is 0 Å². The van der Waals surface area contributed by atoms with Gasteiger partial charge in [0.05, 0.1) is 5.69 Å². The van der Waals surface area contributed by atoms with E-state index in [1.807, 2.05) is 24.4 Å². The summed E-state index contributed by atoms with van der Waals surface area (Å²) in [5.41, 5.74) is 0.766. The molecule has 0 amide bonds. The van der Waals surface area contributed by atoms with Crippen molar-refractivity contribution >= 4 is 37.5 Å². The smallest absolute Gasteiger partial charge is 0.181 e. The van der Waals surface area contributed by atoms with Gasteiger partial charge in [0.25, 0.3) is 0 Å². The van der Waals surface area contributed by atoms with Crippen LogP contribution in [-0.2, 0) is 0 Å². The summed E-state index contributed by atoms with van der Waals surface area (Å²) in [4.78, 5) is 0. The average molecular weight is 276 g/mol. The number of hydrogen-bond acceptors (Lipinski definition) is 2. The van der Waals surface area contributed by atoms with Crippen LogP contribution < -0.4 is 5.32 Å². The van der Waals surface area contributed by atoms with E-state index in [4.69, 9.17) is 5.26 Å². The van der Waals surface area contributed by atoms with E-state index in [1.165, 1.54) is 0 Å². The molecule has 2 nitrogen and oxygen atoms in total. The van der Waals surface area contributed by atoms with Gasteiger partial charge in [-0.15, -0.1) is 0 Å². The molecule has 1 rings (SSSR count). The van der Waals surface area contributed by atoms with Crippen LogP contribution in [0.5, 0.6) is 0 Å². The molecule has 0 spiro atoms. The van der Waals surface area contributed by atoms with Gasteiger partial charge < -0.3 is 0 Å². The van der Waals surface area contributed by atoms with Crippen molar-refractivity contribution in [2.24, 2.45) is 0 Å². The first-order chi connectivity index (χ1) is 5.24. The Kier molecular flexibility index (Phi) is 2.92. The zero-order chi connectivity index (χ0) is 8.27. The van der Waals surface area contributed by atoms with Crippen molar-refractivity contribution in [3.63, 3.8) is 0 Å². The van der Waals surface area contributed by atoms with Crippen molar-refractivity contribution in [3.8, 4) is 6.19 Å². The van der Waals surface area contributed by atoms with E-state index in [9.17, 15) is 0 Å². The summed E-state index contributed by atoms with van der Waals surface area (Å²) in [6.07, 6.45) is 1.85. The van der Waals surface area contributed by atoms with E-state index in [-0.39, 0.29) is 0 Å². The van der Waals surface area contributed by atoms with Gasteiger partial charge in [0.15, 0.2) is 6.19 Å². The van der Waals surface area contributed by atoms with Gasteiger partial charge in [-0.3, -0.25) is 5.32 Å². The van der Waals surface area contributed by atoms with Crippen LogP contribution in [0, 0.1) is 11.5 Å². The van der Waals surface area contributed by atoms with Crippen molar-refractivity contribution in [3.05, 3.63) is 27.1 Å². The van der Waals surface area contributed by atoms with Crippen LogP contribution in [0.25, 0.3) is 0 Å². The Morgan fingerprint density at radius 3 is 2.73 bits per heavy atom. The topological polar surface area (TPSA) is 35.8 Å². The van der Waals surface area contributed by atoms with Gasteiger partial charge in [-0.05, 0) is 34.1 Å². The predicted molar refractivity (Wildman–Crippen MR) is 51.1 cm³/mol. The number of nitriles is 1. The van der Waals surface area contributed by atoms with Crippen LogP contribution in [0.3, 0.4) is 0 Å². The number of rotatable bonds is 1. The van der Waals surface area contributed by atoms with Crippen molar-refractivity contribution in [1.82, 2.24) is 0 Å². The maximum absolute atomic E-state index is 8.34. The van der Waals surface area contributed by atoms with E-state index in [1.54, 1.807) is 0 Å². The van der Waals surface area contributed by atoms with E-state index >= 15 is 0 Å². The highest BCUT2D eigenvalue weighted by Gasteiger charge is 1.97. The molecule has 56 valence electrons. The molecule has 0 heterocycles. The summed E-state index contributed by atoms with van der Waals surface area (Å²) in [6.45, 7) is 0. The molecule has 11 heavy (non-hydrogen) atoms. The lowest BCUT2D eigenvalue weighted by molar-refractivity contribution is 1.45. The second-order valence-electron chi connectivity index (χ2n) is 1.86. The fourth-order valence-corrected chi connectivity index (χ4v) is 1.36. The van der Waals surface area contributed by atoms with Crippen LogP contribution in [0.15, 0.2) is 27.1 Å². The largest absolute Gasteiger partial charge is 0.292 e. The van der Waals surface area contributed by atoms with Crippen LogP contribution in [0.1, 0.15) is 0 Å². The molecule has 0 atom stereocenters. The number of halogens is 2. The van der Waals surface area contributed by atoms with Gasteiger partial charge in [0, 0.05) is 8.95 Å². The lowest BCUT2D eigenvalue weighted by Gasteiger charge is -2.00. The number of anilines is 1. The second kappa shape index (κ2) is 3.74. The third kappa shape index (κ3) is 2.21. The summed E-state index contributed by atoms with van der Waals surface area (Å²) < 4.78 is 1.82. The molecule has 0 unspecified atom stereocenters. The van der Waals surface area contributed by atoms with Crippen LogP contribution in [0.2, 0.25) is 0 Å². The monoisotopic (exact) mass is 274 g/mol. The van der Waals surface area contributed by atoms with E-state index in [0.29, 0.717) is 0 Å². The molecule has 0 saturated carbocycles. The molecule has 4 heteroatoms. The molecule has 0 saturated heterocycles. The fourth-order valence-electron chi connectivity index (χ4n) is 0.654. The molecule has 1 N–H and O–H groups in total. The minimum atomic E-state index is 0.766. The molecule has 0 aromatic heterocycles. The van der Waals surface area contributed by atoms with E-state index in [0.717, 1.165) is 14.6 Å². The molecule has 1 aromatic rings. The molecule has 0 bridgehead atoms. The highest BCUT2D eigenvalue weighted by Crippen LogP contribution is 2.25. The molecular formula is C7H4Br2N2. The van der Waals surface area contributed by atoms with Crippen molar-refractivity contribution < 1.29 is 0 Å². The zero-order valence-electron chi connectivity index (χ0n) is 5.44. The third-order valence-electron chi connectivity index (χ3n) is 1.12. The minimum absolute atomic E-state index is 0.766. The minimum Gasteiger partial charge on any atom is -0.292 e. The lowest BCUT2D eigenvalue weighted by Crippen LogP contribution is -1.87. The molecule has 0 aliphatic heterocycles. The average Bonchev–Trinajstić information content (AvgIpc) is 1.98. The maximum Gasteiger partial charge on any atom is 0.181 e. The first kappa shape index (κ1) is 8.57. The molecule has 0 fully saturated rings. The first-order valence-corrected chi connectivity index (χ1v) is 4.43. The van der Waals surface area contributed by atoms with Crippen molar-refractivity contribution in [1.29, 1.82) is 5.26 Å². The number of benzene rings is 1. The summed E-state index contributed by atoms with van der Waals surface area (Å²) in [7, 11) is 0. The van der Waals surface area contributed by atoms with Gasteiger partial charge in [-0.25, -0.2) is 0 Å². The van der Waals surface area contributed by atoms with Gasteiger partial charge in [0.2, 0.25) is 0 Å². The molecule has 0 radical (unpaired) electrons. The summed E-state index contributed by atoms with van der Waals surface area (Å²) in [6, 6.07) is 5.59. The van der Waals surface area contributed by atoms with Crippen LogP contribution >= 0.6 is 31.9 Å². The Bertz CT molecular complexity index is 304. The van der Waals surface area contributed by atoms with Gasteiger partial charge in [-0.2, -0.15) is 5.26 Å². The molecule has 1 aromatic carbocycles. The maximum atomic E-state index is 8.34. The zero-order valence-corrected chi connectivity index (χ0v) is 8.61. The molecular weight excluding hydrogens is 272 g/mol. The van der Waals surface area contributed by atoms with E-state index < -0.39 is 0 Å². The van der Waals surface area contributed by atoms with Crippen LogP contribution in [0.4, 0.5) is 5.69 Å². The number of nitrogens with zero attached hydrogens (tertiary/aromatic N) is 1. The first-order valence-electron chi connectivity index (χ1n) is 2.84. The Labute approximate surface area is 81.5 Å². The number of nitrogens with one attached hydrogen (secondary N) is 1. The summed E-state index contributed by atoms with van der Waals surface area (Å²) in [5.74, 6) is 0. The molecule has 0 aliphatic carbocycles. The Morgan fingerprint density at radius 1 is 1.36 bits per heavy atom. The summed E-state index contributed by atoms with van der Waals surface area (Å²) >= 11 is 6.59. The van der Waals surface area contributed by atoms with Gasteiger partial charge >= 0.3 is 0 Å². The second-order valence-corrected chi connectivity index (χ2v) is 3.63. The number of hydrogen-bond donors (Lipinski definition) is 1. The van der Waals surface area contributed by atoms with Gasteiger partial charge in [0.1, 0.15) is 0 Å². The third-order valence-corrected chi connectivity index (χ3v) is 2.30. The van der Waals surface area contributed by atoms with Gasteiger partial charge in [-0.1, -0.05) is 15.9 Å². The standard InChI is InChI=1S/C7H4Br2N2/c8-5-1-2-6(9)7(3-5)11-4-10/h1-3,11H. The Morgan fingerprint density at radius 2 is 2.09 bits per heavy atom.